The summed E-state index contributed by atoms with van der Waals surface area (Å²) in [6.07, 6.45) is 5.04. The summed E-state index contributed by atoms with van der Waals surface area (Å²) >= 11 is 1.86. The predicted molar refractivity (Wildman–Crippen MR) is 128 cm³/mol. The molecule has 1 aromatic carbocycles. The van der Waals surface area contributed by atoms with Gasteiger partial charge < -0.3 is 10.2 Å². The molecule has 2 rings (SSSR count). The number of amides is 1. The van der Waals surface area contributed by atoms with Crippen molar-refractivity contribution >= 4 is 23.5 Å². The molecule has 1 aliphatic carbocycles. The summed E-state index contributed by atoms with van der Waals surface area (Å²) in [5, 5.41) is 3.58. The van der Waals surface area contributed by atoms with Gasteiger partial charge in [-0.1, -0.05) is 11.9 Å². The second-order valence-corrected chi connectivity index (χ2v) is 11.6. The SMILES string of the molecule is CC(C)N(C(=O)c1ccc(NCC2CCC(NSC(C)(C)C)CC2)cc1)C(C)C. The van der Waals surface area contributed by atoms with E-state index in [1.807, 2.05) is 41.1 Å². The second-order valence-electron chi connectivity index (χ2n) is 9.91. The number of carbonyl (C=O) groups is 1. The third-order valence-electron chi connectivity index (χ3n) is 5.45. The fraction of sp³-hybridized carbons (Fsp3) is 0.708. The molecule has 0 spiro atoms. The van der Waals surface area contributed by atoms with Crippen LogP contribution >= 0.6 is 11.9 Å². The summed E-state index contributed by atoms with van der Waals surface area (Å²) in [4.78, 5) is 14.7. The van der Waals surface area contributed by atoms with E-state index in [0.29, 0.717) is 6.04 Å². The van der Waals surface area contributed by atoms with E-state index in [9.17, 15) is 4.79 Å². The van der Waals surface area contributed by atoms with Crippen LogP contribution in [0.15, 0.2) is 24.3 Å². The first kappa shape index (κ1) is 24.1. The maximum atomic E-state index is 12.8. The maximum absolute atomic E-state index is 12.8. The fourth-order valence-corrected chi connectivity index (χ4v) is 4.71. The van der Waals surface area contributed by atoms with E-state index in [0.717, 1.165) is 23.7 Å². The number of hydrogen-bond donors (Lipinski definition) is 2. The van der Waals surface area contributed by atoms with Crippen LogP contribution in [-0.4, -0.2) is 40.2 Å². The summed E-state index contributed by atoms with van der Waals surface area (Å²) < 4.78 is 3.93. The molecule has 1 fully saturated rings. The Morgan fingerprint density at radius 1 is 1.03 bits per heavy atom. The summed E-state index contributed by atoms with van der Waals surface area (Å²) in [5.74, 6) is 0.840. The highest BCUT2D eigenvalue weighted by Gasteiger charge is 2.23. The van der Waals surface area contributed by atoms with Crippen LogP contribution in [0, 0.1) is 5.92 Å². The lowest BCUT2D eigenvalue weighted by atomic mass is 9.86. The summed E-state index contributed by atoms with van der Waals surface area (Å²) in [6, 6.07) is 9.03. The zero-order valence-electron chi connectivity index (χ0n) is 19.4. The third-order valence-corrected chi connectivity index (χ3v) is 6.52. The summed E-state index contributed by atoms with van der Waals surface area (Å²) in [5.41, 5.74) is 1.87. The molecule has 4 nitrogen and oxygen atoms in total. The number of anilines is 1. The van der Waals surface area contributed by atoms with Crippen LogP contribution in [0.5, 0.6) is 0 Å². The van der Waals surface area contributed by atoms with E-state index in [1.165, 1.54) is 25.7 Å². The van der Waals surface area contributed by atoms with Crippen LogP contribution in [0.1, 0.15) is 84.5 Å². The molecule has 0 aliphatic heterocycles. The molecule has 0 radical (unpaired) electrons. The lowest BCUT2D eigenvalue weighted by Gasteiger charge is -2.31. The van der Waals surface area contributed by atoms with Gasteiger partial charge in [0.2, 0.25) is 0 Å². The second kappa shape index (κ2) is 10.7. The molecule has 1 aliphatic rings. The van der Waals surface area contributed by atoms with Gasteiger partial charge in [-0.3, -0.25) is 9.52 Å². The zero-order chi connectivity index (χ0) is 21.6. The molecule has 164 valence electrons. The molecule has 0 saturated heterocycles. The monoisotopic (exact) mass is 419 g/mol. The lowest BCUT2D eigenvalue weighted by molar-refractivity contribution is 0.0644. The largest absolute Gasteiger partial charge is 0.385 e. The standard InChI is InChI=1S/C24H41N3OS/c1-17(2)27(18(3)4)23(28)20-10-14-21(15-11-20)25-16-19-8-12-22(13-9-19)26-29-24(5,6)7/h10-11,14-15,17-19,22,25-26H,8-9,12-13,16H2,1-7H3. The number of carbonyl (C=O) groups excluding carboxylic acids is 1. The van der Waals surface area contributed by atoms with Crippen molar-refractivity contribution in [3.63, 3.8) is 0 Å². The molecule has 1 aromatic rings. The van der Waals surface area contributed by atoms with Crippen molar-refractivity contribution in [2.24, 2.45) is 5.92 Å². The first-order chi connectivity index (χ1) is 13.6. The fourth-order valence-electron chi connectivity index (χ4n) is 3.95. The van der Waals surface area contributed by atoms with Crippen LogP contribution in [0.25, 0.3) is 0 Å². The van der Waals surface area contributed by atoms with Crippen LogP contribution in [0.2, 0.25) is 0 Å². The topological polar surface area (TPSA) is 44.4 Å². The Hall–Kier alpha value is -1.20. The number of benzene rings is 1. The minimum atomic E-state index is 0.112. The van der Waals surface area contributed by atoms with Gasteiger partial charge in [-0.15, -0.1) is 0 Å². The molecule has 1 saturated carbocycles. The van der Waals surface area contributed by atoms with Crippen molar-refractivity contribution in [1.29, 1.82) is 0 Å². The van der Waals surface area contributed by atoms with E-state index >= 15 is 0 Å². The van der Waals surface area contributed by atoms with E-state index in [1.54, 1.807) is 0 Å². The van der Waals surface area contributed by atoms with Crippen LogP contribution in [0.4, 0.5) is 5.69 Å². The Labute approximate surface area is 182 Å². The molecular formula is C24H41N3OS. The molecule has 1 amide bonds. The summed E-state index contributed by atoms with van der Waals surface area (Å²) in [6.45, 7) is 16.0. The van der Waals surface area contributed by atoms with Crippen molar-refractivity contribution in [2.75, 3.05) is 11.9 Å². The minimum absolute atomic E-state index is 0.112. The van der Waals surface area contributed by atoms with E-state index in [4.69, 9.17) is 0 Å². The number of nitrogens with one attached hydrogen (secondary N) is 2. The van der Waals surface area contributed by atoms with Crippen LogP contribution < -0.4 is 10.0 Å². The maximum Gasteiger partial charge on any atom is 0.254 e. The van der Waals surface area contributed by atoms with E-state index in [2.05, 4.69) is 58.5 Å². The van der Waals surface area contributed by atoms with Gasteiger partial charge in [0.15, 0.2) is 0 Å². The van der Waals surface area contributed by atoms with Crippen molar-refractivity contribution in [2.45, 2.75) is 97.0 Å². The quantitative estimate of drug-likeness (QED) is 0.511. The van der Waals surface area contributed by atoms with Crippen LogP contribution in [-0.2, 0) is 0 Å². The summed E-state index contributed by atoms with van der Waals surface area (Å²) in [7, 11) is 0. The Morgan fingerprint density at radius 3 is 2.07 bits per heavy atom. The number of rotatable bonds is 8. The molecule has 5 heteroatoms. The van der Waals surface area contributed by atoms with Crippen molar-refractivity contribution in [3.05, 3.63) is 29.8 Å². The highest BCUT2D eigenvalue weighted by atomic mass is 32.2. The molecule has 2 N–H and O–H groups in total. The van der Waals surface area contributed by atoms with Crippen molar-refractivity contribution in [3.8, 4) is 0 Å². The third kappa shape index (κ3) is 7.86. The molecule has 0 heterocycles. The minimum Gasteiger partial charge on any atom is -0.385 e. The normalized spacial score (nSPS) is 20.2. The molecule has 0 atom stereocenters. The van der Waals surface area contributed by atoms with Gasteiger partial charge >= 0.3 is 0 Å². The van der Waals surface area contributed by atoms with Gasteiger partial charge in [0.25, 0.3) is 5.91 Å². The predicted octanol–water partition coefficient (Wildman–Crippen LogP) is 5.95. The first-order valence-electron chi connectivity index (χ1n) is 11.2. The van der Waals surface area contributed by atoms with Gasteiger partial charge in [0.1, 0.15) is 0 Å². The highest BCUT2D eigenvalue weighted by Crippen LogP contribution is 2.28. The van der Waals surface area contributed by atoms with Gasteiger partial charge in [-0.25, -0.2) is 0 Å². The van der Waals surface area contributed by atoms with Gasteiger partial charge in [0, 0.05) is 40.7 Å². The Bertz CT molecular complexity index is 621. The smallest absolute Gasteiger partial charge is 0.254 e. The Morgan fingerprint density at radius 2 is 1.59 bits per heavy atom. The van der Waals surface area contributed by atoms with Crippen molar-refractivity contribution < 1.29 is 4.79 Å². The molecule has 29 heavy (non-hydrogen) atoms. The molecular weight excluding hydrogens is 378 g/mol. The number of nitrogens with zero attached hydrogens (tertiary/aromatic N) is 1. The highest BCUT2D eigenvalue weighted by molar-refractivity contribution is 7.98. The van der Waals surface area contributed by atoms with Crippen LogP contribution in [0.3, 0.4) is 0 Å². The van der Waals surface area contributed by atoms with Gasteiger partial charge in [-0.2, -0.15) is 0 Å². The van der Waals surface area contributed by atoms with E-state index in [-0.39, 0.29) is 22.7 Å². The first-order valence-corrected chi connectivity index (χ1v) is 12.0. The number of hydrogen-bond acceptors (Lipinski definition) is 4. The molecule has 0 unspecified atom stereocenters. The van der Waals surface area contributed by atoms with Gasteiger partial charge in [0.05, 0.1) is 0 Å². The van der Waals surface area contributed by atoms with Gasteiger partial charge in [-0.05, 0) is 104 Å². The Balaban J connectivity index is 1.79. The lowest BCUT2D eigenvalue weighted by Crippen LogP contribution is -2.42. The van der Waals surface area contributed by atoms with Crippen molar-refractivity contribution in [1.82, 2.24) is 9.62 Å². The molecule has 0 aromatic heterocycles. The zero-order valence-corrected chi connectivity index (χ0v) is 20.2. The average molecular weight is 420 g/mol. The van der Waals surface area contributed by atoms with E-state index < -0.39 is 0 Å². The average Bonchev–Trinajstić information content (AvgIpc) is 2.64. The Kier molecular flexibility index (Phi) is 8.90. The molecule has 0 bridgehead atoms.